The number of pyridine rings is 1. The number of nitrogens with one attached hydrogen (secondary N) is 1. The van der Waals surface area contributed by atoms with Gasteiger partial charge in [0.15, 0.2) is 0 Å². The minimum absolute atomic E-state index is 0.125. The zero-order valence-electron chi connectivity index (χ0n) is 10.7. The molecule has 2 aromatic rings. The zero-order chi connectivity index (χ0) is 15.4. The highest BCUT2D eigenvalue weighted by atomic mass is 16.4. The van der Waals surface area contributed by atoms with Crippen LogP contribution >= 0.6 is 0 Å². The van der Waals surface area contributed by atoms with E-state index in [0.29, 0.717) is 5.69 Å². The first kappa shape index (κ1) is 14.2. The number of hydrogen-bond acceptors (Lipinski definition) is 5. The maximum Gasteiger partial charge on any atom is 0.338 e. The molecule has 0 atom stereocenters. The Morgan fingerprint density at radius 3 is 2.81 bits per heavy atom. The predicted molar refractivity (Wildman–Crippen MR) is 70.6 cm³/mol. The molecule has 2 heterocycles. The van der Waals surface area contributed by atoms with Gasteiger partial charge in [0.05, 0.1) is 17.4 Å². The molecule has 0 saturated carbocycles. The lowest BCUT2D eigenvalue weighted by molar-refractivity contribution is -0.118. The quantitative estimate of drug-likeness (QED) is 0.691. The number of amides is 2. The van der Waals surface area contributed by atoms with Gasteiger partial charge in [-0.3, -0.25) is 19.3 Å². The Labute approximate surface area is 118 Å². The van der Waals surface area contributed by atoms with Crippen LogP contribution in [-0.4, -0.2) is 37.7 Å². The number of aromatic nitrogens is 3. The molecule has 0 spiro atoms. The van der Waals surface area contributed by atoms with E-state index in [1.165, 1.54) is 35.4 Å². The van der Waals surface area contributed by atoms with E-state index >= 15 is 0 Å². The summed E-state index contributed by atoms with van der Waals surface area (Å²) in [5.41, 5.74) is 4.89. The van der Waals surface area contributed by atoms with E-state index in [9.17, 15) is 14.4 Å². The van der Waals surface area contributed by atoms with E-state index in [1.807, 2.05) is 0 Å². The molecule has 2 amide bonds. The molecular weight excluding hydrogens is 278 g/mol. The van der Waals surface area contributed by atoms with Crippen molar-refractivity contribution in [2.75, 3.05) is 5.32 Å². The summed E-state index contributed by atoms with van der Waals surface area (Å²) in [5, 5.41) is 15.3. The topological polar surface area (TPSA) is 140 Å². The van der Waals surface area contributed by atoms with Gasteiger partial charge in [-0.05, 0) is 12.1 Å². The number of rotatable bonds is 5. The van der Waals surface area contributed by atoms with Crippen LogP contribution in [0, 0.1) is 0 Å². The minimum Gasteiger partial charge on any atom is -0.478 e. The summed E-state index contributed by atoms with van der Waals surface area (Å²) in [6.45, 7) is -0.125. The molecule has 2 aromatic heterocycles. The van der Waals surface area contributed by atoms with Gasteiger partial charge in [-0.25, -0.2) is 4.79 Å². The molecule has 108 valence electrons. The second kappa shape index (κ2) is 5.82. The summed E-state index contributed by atoms with van der Waals surface area (Å²) >= 11 is 0. The molecule has 0 radical (unpaired) electrons. The van der Waals surface area contributed by atoms with E-state index < -0.39 is 17.8 Å². The van der Waals surface area contributed by atoms with Gasteiger partial charge < -0.3 is 16.2 Å². The van der Waals surface area contributed by atoms with Crippen LogP contribution < -0.4 is 11.1 Å². The Kier molecular flexibility index (Phi) is 3.93. The van der Waals surface area contributed by atoms with Crippen molar-refractivity contribution in [1.29, 1.82) is 0 Å². The summed E-state index contributed by atoms with van der Waals surface area (Å²) in [4.78, 5) is 37.5. The van der Waals surface area contributed by atoms with Crippen LogP contribution in [0.1, 0.15) is 20.8 Å². The molecule has 0 aliphatic carbocycles. The summed E-state index contributed by atoms with van der Waals surface area (Å²) in [5.74, 6) is -2.52. The Hall–Kier alpha value is -3.23. The Morgan fingerprint density at radius 2 is 2.14 bits per heavy atom. The second-order valence-electron chi connectivity index (χ2n) is 4.05. The number of aromatic carboxylic acids is 1. The van der Waals surface area contributed by atoms with E-state index in [4.69, 9.17) is 10.8 Å². The smallest absolute Gasteiger partial charge is 0.338 e. The van der Waals surface area contributed by atoms with E-state index in [1.54, 1.807) is 0 Å². The number of carbonyl (C=O) groups excluding carboxylic acids is 2. The second-order valence-corrected chi connectivity index (χ2v) is 4.05. The highest BCUT2D eigenvalue weighted by Crippen LogP contribution is 2.10. The molecule has 0 aliphatic rings. The number of carbonyl (C=O) groups is 3. The molecule has 21 heavy (non-hydrogen) atoms. The van der Waals surface area contributed by atoms with Gasteiger partial charge in [0, 0.05) is 12.4 Å². The third kappa shape index (κ3) is 3.41. The summed E-state index contributed by atoms with van der Waals surface area (Å²) < 4.78 is 1.24. The van der Waals surface area contributed by atoms with Crippen molar-refractivity contribution in [3.05, 3.63) is 42.0 Å². The number of anilines is 1. The van der Waals surface area contributed by atoms with E-state index in [-0.39, 0.29) is 17.8 Å². The van der Waals surface area contributed by atoms with Crippen molar-refractivity contribution in [1.82, 2.24) is 14.8 Å². The number of nitrogens with zero attached hydrogens (tertiary/aromatic N) is 3. The fourth-order valence-electron chi connectivity index (χ4n) is 1.62. The Balaban J connectivity index is 2.17. The van der Waals surface area contributed by atoms with Crippen molar-refractivity contribution in [3.63, 3.8) is 0 Å². The number of carboxylic acids is 1. The third-order valence-electron chi connectivity index (χ3n) is 2.46. The van der Waals surface area contributed by atoms with Gasteiger partial charge in [-0.2, -0.15) is 5.10 Å². The standard InChI is InChI=1S/C12H11N5O4/c13-9(18)6-17-5-7(4-15-17)16-11(19)10-8(12(20)21)2-1-3-14-10/h1-5H,6H2,(H2,13,18)(H,16,19)(H,20,21). The van der Waals surface area contributed by atoms with Crippen LogP contribution in [0.25, 0.3) is 0 Å². The van der Waals surface area contributed by atoms with Crippen LogP contribution in [-0.2, 0) is 11.3 Å². The molecule has 4 N–H and O–H groups in total. The van der Waals surface area contributed by atoms with E-state index in [0.717, 1.165) is 0 Å². The molecule has 0 fully saturated rings. The molecule has 0 bridgehead atoms. The summed E-state index contributed by atoms with van der Waals surface area (Å²) in [6, 6.07) is 2.70. The molecule has 9 heteroatoms. The van der Waals surface area contributed by atoms with Crippen LogP contribution in [0.2, 0.25) is 0 Å². The minimum atomic E-state index is -1.25. The molecule has 9 nitrogen and oxygen atoms in total. The monoisotopic (exact) mass is 289 g/mol. The fourth-order valence-corrected chi connectivity index (χ4v) is 1.62. The largest absolute Gasteiger partial charge is 0.478 e. The summed E-state index contributed by atoms with van der Waals surface area (Å²) in [7, 11) is 0. The molecule has 0 unspecified atom stereocenters. The zero-order valence-corrected chi connectivity index (χ0v) is 10.7. The fraction of sp³-hybridized carbons (Fsp3) is 0.0833. The van der Waals surface area contributed by atoms with Gasteiger partial charge in [0.1, 0.15) is 12.2 Å². The van der Waals surface area contributed by atoms with Crippen molar-refractivity contribution < 1.29 is 19.5 Å². The van der Waals surface area contributed by atoms with Gasteiger partial charge in [-0.15, -0.1) is 0 Å². The SMILES string of the molecule is NC(=O)Cn1cc(NC(=O)c2ncccc2C(=O)O)cn1. The number of hydrogen-bond donors (Lipinski definition) is 3. The molecule has 0 aliphatic heterocycles. The summed E-state index contributed by atoms with van der Waals surface area (Å²) in [6.07, 6.45) is 4.02. The van der Waals surface area contributed by atoms with E-state index in [2.05, 4.69) is 15.4 Å². The van der Waals surface area contributed by atoms with Gasteiger partial charge in [-0.1, -0.05) is 0 Å². The maximum absolute atomic E-state index is 12.0. The molecule has 0 aromatic carbocycles. The van der Waals surface area contributed by atoms with Crippen LogP contribution in [0.15, 0.2) is 30.7 Å². The van der Waals surface area contributed by atoms with Crippen molar-refractivity contribution in [2.24, 2.45) is 5.73 Å². The highest BCUT2D eigenvalue weighted by molar-refractivity contribution is 6.09. The average Bonchev–Trinajstić information content (AvgIpc) is 2.85. The molecule has 2 rings (SSSR count). The third-order valence-corrected chi connectivity index (χ3v) is 2.46. The first-order valence-electron chi connectivity index (χ1n) is 5.78. The number of carboxylic acid groups (broad SMARTS) is 1. The first-order chi connectivity index (χ1) is 9.97. The van der Waals surface area contributed by atoms with Crippen LogP contribution in [0.4, 0.5) is 5.69 Å². The van der Waals surface area contributed by atoms with Crippen molar-refractivity contribution >= 4 is 23.5 Å². The van der Waals surface area contributed by atoms with Gasteiger partial charge >= 0.3 is 5.97 Å². The predicted octanol–water partition coefficient (Wildman–Crippen LogP) is -0.286. The average molecular weight is 289 g/mol. The number of primary amides is 1. The Morgan fingerprint density at radius 1 is 1.38 bits per heavy atom. The Bertz CT molecular complexity index is 709. The molecular formula is C12H11N5O4. The van der Waals surface area contributed by atoms with Gasteiger partial charge in [0.25, 0.3) is 5.91 Å². The van der Waals surface area contributed by atoms with Crippen molar-refractivity contribution in [2.45, 2.75) is 6.54 Å². The lowest BCUT2D eigenvalue weighted by Gasteiger charge is -2.04. The maximum atomic E-state index is 12.0. The van der Waals surface area contributed by atoms with Crippen molar-refractivity contribution in [3.8, 4) is 0 Å². The van der Waals surface area contributed by atoms with Crippen LogP contribution in [0.3, 0.4) is 0 Å². The first-order valence-corrected chi connectivity index (χ1v) is 5.78. The highest BCUT2D eigenvalue weighted by Gasteiger charge is 2.18. The van der Waals surface area contributed by atoms with Gasteiger partial charge in [0.2, 0.25) is 5.91 Å². The lowest BCUT2D eigenvalue weighted by Crippen LogP contribution is -2.19. The van der Waals surface area contributed by atoms with Crippen LogP contribution in [0.5, 0.6) is 0 Å². The lowest BCUT2D eigenvalue weighted by atomic mass is 10.2. The number of nitrogens with two attached hydrogens (primary N) is 1. The molecule has 0 saturated heterocycles. The normalized spacial score (nSPS) is 10.1.